The third-order valence-corrected chi connectivity index (χ3v) is 6.97. The molecular formula is C29H36FN3O4. The van der Waals surface area contributed by atoms with Crippen LogP contribution in [0.5, 0.6) is 0 Å². The fraction of sp³-hybridized carbons (Fsp3) is 0.448. The maximum Gasteiger partial charge on any atom is 0.305 e. The van der Waals surface area contributed by atoms with Gasteiger partial charge in [0.1, 0.15) is 11.9 Å². The number of rotatable bonds is 9. The number of pyridine rings is 1. The third kappa shape index (κ3) is 6.42. The number of carboxylic acid groups (broad SMARTS) is 1. The van der Waals surface area contributed by atoms with Crippen LogP contribution in [0.1, 0.15) is 61.9 Å². The molecule has 1 unspecified atom stereocenters. The molecule has 1 amide bonds. The first kappa shape index (κ1) is 28.0. The average molecular weight is 510 g/mol. The minimum absolute atomic E-state index is 0.0235. The fourth-order valence-electron chi connectivity index (χ4n) is 4.94. The van der Waals surface area contributed by atoms with Crippen LogP contribution in [0.4, 0.5) is 4.39 Å². The second-order valence-electron chi connectivity index (χ2n) is 10.7. The first-order valence-electron chi connectivity index (χ1n) is 12.5. The first-order valence-corrected chi connectivity index (χ1v) is 12.5. The van der Waals surface area contributed by atoms with E-state index in [0.717, 1.165) is 33.0 Å². The molecular weight excluding hydrogens is 473 g/mol. The lowest BCUT2D eigenvalue weighted by Crippen LogP contribution is -2.51. The predicted molar refractivity (Wildman–Crippen MR) is 143 cm³/mol. The van der Waals surface area contributed by atoms with E-state index in [1.165, 1.54) is 13.0 Å². The van der Waals surface area contributed by atoms with E-state index in [0.29, 0.717) is 0 Å². The lowest BCUT2D eigenvalue weighted by atomic mass is 9.76. The second kappa shape index (κ2) is 11.2. The Labute approximate surface area is 217 Å². The van der Waals surface area contributed by atoms with Crippen LogP contribution >= 0.6 is 0 Å². The minimum Gasteiger partial charge on any atom is -0.481 e. The molecule has 0 saturated heterocycles. The standard InChI is InChI=1S/C29H36FN3O4/c1-17(2)10-23(33-15-22(30)20(5)11-25(33)34)28(37)32-24(12-26(35)36)29(6)13-21(14-31-16-29)27-18(3)8-7-9-19(27)4/h7-9,11,13-15,17,23-24H,10,12,16H2,1-6H3,(H,32,37)(H,35,36)/t23-,24-,29?/m1/s1. The van der Waals surface area contributed by atoms with Gasteiger partial charge in [-0.2, -0.15) is 0 Å². The van der Waals surface area contributed by atoms with E-state index in [1.54, 1.807) is 6.21 Å². The highest BCUT2D eigenvalue weighted by Gasteiger charge is 2.38. The Morgan fingerprint density at radius 3 is 2.43 bits per heavy atom. The van der Waals surface area contributed by atoms with Crippen LogP contribution < -0.4 is 10.9 Å². The van der Waals surface area contributed by atoms with Crippen LogP contribution in [0.25, 0.3) is 5.57 Å². The van der Waals surface area contributed by atoms with Crippen LogP contribution in [0.15, 0.2) is 46.3 Å². The summed E-state index contributed by atoms with van der Waals surface area (Å²) in [6, 6.07) is 5.36. The Morgan fingerprint density at radius 1 is 1.19 bits per heavy atom. The lowest BCUT2D eigenvalue weighted by molar-refractivity contribution is -0.138. The number of benzene rings is 1. The van der Waals surface area contributed by atoms with E-state index in [4.69, 9.17) is 0 Å². The van der Waals surface area contributed by atoms with Crippen molar-refractivity contribution >= 4 is 23.7 Å². The molecule has 8 heteroatoms. The van der Waals surface area contributed by atoms with Gasteiger partial charge in [-0.25, -0.2) is 4.39 Å². The number of nitrogens with one attached hydrogen (secondary N) is 1. The molecule has 0 saturated carbocycles. The van der Waals surface area contributed by atoms with Crippen LogP contribution in [-0.2, 0) is 9.59 Å². The number of aliphatic carboxylic acids is 1. The molecule has 0 radical (unpaired) electrons. The number of dihydropyridines is 1. The lowest BCUT2D eigenvalue weighted by Gasteiger charge is -2.37. The summed E-state index contributed by atoms with van der Waals surface area (Å²) in [5.41, 5.74) is 2.93. The van der Waals surface area contributed by atoms with Crippen molar-refractivity contribution in [3.63, 3.8) is 0 Å². The van der Waals surface area contributed by atoms with Gasteiger partial charge in [0.25, 0.3) is 5.56 Å². The van der Waals surface area contributed by atoms with E-state index < -0.39 is 40.8 Å². The highest BCUT2D eigenvalue weighted by molar-refractivity contribution is 6.11. The number of aromatic nitrogens is 1. The topological polar surface area (TPSA) is 101 Å². The number of amides is 1. The number of hydrogen-bond donors (Lipinski definition) is 2. The molecule has 0 spiro atoms. The molecule has 3 atom stereocenters. The minimum atomic E-state index is -1.07. The summed E-state index contributed by atoms with van der Waals surface area (Å²) in [6.07, 6.45) is 4.78. The number of aliphatic imine (C=N–C) groups is 1. The Morgan fingerprint density at radius 2 is 1.84 bits per heavy atom. The van der Waals surface area contributed by atoms with Gasteiger partial charge >= 0.3 is 5.97 Å². The molecule has 1 aliphatic heterocycles. The predicted octanol–water partition coefficient (Wildman–Crippen LogP) is 4.63. The van der Waals surface area contributed by atoms with E-state index >= 15 is 0 Å². The van der Waals surface area contributed by atoms with Gasteiger partial charge in [-0.1, -0.05) is 45.0 Å². The van der Waals surface area contributed by atoms with Crippen LogP contribution in [0.2, 0.25) is 0 Å². The zero-order valence-electron chi connectivity index (χ0n) is 22.3. The van der Waals surface area contributed by atoms with Gasteiger partial charge in [-0.05, 0) is 60.9 Å². The van der Waals surface area contributed by atoms with Crippen molar-refractivity contribution in [2.75, 3.05) is 6.54 Å². The number of halogens is 1. The Balaban J connectivity index is 2.02. The van der Waals surface area contributed by atoms with Crippen molar-refractivity contribution in [3.05, 3.63) is 75.0 Å². The van der Waals surface area contributed by atoms with E-state index in [2.05, 4.69) is 10.3 Å². The molecule has 0 fully saturated rings. The van der Waals surface area contributed by atoms with Gasteiger partial charge in [0, 0.05) is 36.5 Å². The quantitative estimate of drug-likeness (QED) is 0.515. The summed E-state index contributed by atoms with van der Waals surface area (Å²) in [5, 5.41) is 12.6. The second-order valence-corrected chi connectivity index (χ2v) is 10.7. The Kier molecular flexibility index (Phi) is 8.51. The van der Waals surface area contributed by atoms with Crippen molar-refractivity contribution in [2.45, 2.75) is 66.5 Å². The maximum atomic E-state index is 14.4. The summed E-state index contributed by atoms with van der Waals surface area (Å²) < 4.78 is 15.5. The molecule has 7 nitrogen and oxygen atoms in total. The largest absolute Gasteiger partial charge is 0.481 e. The summed E-state index contributed by atoms with van der Waals surface area (Å²) in [4.78, 5) is 42.7. The average Bonchev–Trinajstić information content (AvgIpc) is 2.79. The molecule has 198 valence electrons. The number of carbonyl (C=O) groups is 2. The van der Waals surface area contributed by atoms with Crippen LogP contribution in [0.3, 0.4) is 0 Å². The zero-order valence-corrected chi connectivity index (χ0v) is 22.3. The van der Waals surface area contributed by atoms with Crippen LogP contribution in [-0.4, -0.2) is 40.4 Å². The molecule has 0 aliphatic carbocycles. The summed E-state index contributed by atoms with van der Waals surface area (Å²) in [7, 11) is 0. The van der Waals surface area contributed by atoms with Gasteiger partial charge < -0.3 is 15.0 Å². The molecule has 1 aromatic heterocycles. The molecule has 2 N–H and O–H groups in total. The van der Waals surface area contributed by atoms with Crippen molar-refractivity contribution in [1.29, 1.82) is 0 Å². The Hall–Kier alpha value is -3.55. The summed E-state index contributed by atoms with van der Waals surface area (Å²) >= 11 is 0. The number of allylic oxidation sites excluding steroid dienone is 1. The monoisotopic (exact) mass is 509 g/mol. The van der Waals surface area contributed by atoms with Crippen LogP contribution in [0, 0.1) is 37.9 Å². The number of carbonyl (C=O) groups excluding carboxylic acids is 1. The smallest absolute Gasteiger partial charge is 0.305 e. The molecule has 0 bridgehead atoms. The highest BCUT2D eigenvalue weighted by atomic mass is 19.1. The number of nitrogens with zero attached hydrogens (tertiary/aromatic N) is 2. The summed E-state index contributed by atoms with van der Waals surface area (Å²) in [5.74, 6) is -2.15. The van der Waals surface area contributed by atoms with Crippen molar-refractivity contribution in [3.8, 4) is 0 Å². The van der Waals surface area contributed by atoms with Gasteiger partial charge in [0.2, 0.25) is 5.91 Å². The molecule has 2 heterocycles. The highest BCUT2D eigenvalue weighted by Crippen LogP contribution is 2.35. The van der Waals surface area contributed by atoms with E-state index in [1.807, 2.05) is 58.9 Å². The zero-order chi connectivity index (χ0) is 27.5. The Bertz CT molecular complexity index is 1290. The molecule has 1 aliphatic rings. The molecule has 37 heavy (non-hydrogen) atoms. The third-order valence-electron chi connectivity index (χ3n) is 6.97. The van der Waals surface area contributed by atoms with Crippen molar-refractivity contribution < 1.29 is 19.1 Å². The van der Waals surface area contributed by atoms with Crippen molar-refractivity contribution in [1.82, 2.24) is 9.88 Å². The first-order chi connectivity index (χ1) is 17.3. The van der Waals surface area contributed by atoms with Crippen molar-refractivity contribution in [2.24, 2.45) is 16.3 Å². The van der Waals surface area contributed by atoms with Gasteiger partial charge in [-0.3, -0.25) is 19.4 Å². The number of carboxylic acids is 1. The fourth-order valence-corrected chi connectivity index (χ4v) is 4.94. The molecule has 1 aromatic carbocycles. The summed E-state index contributed by atoms with van der Waals surface area (Å²) in [6.45, 7) is 11.5. The SMILES string of the molecule is Cc1cc(=O)n([C@H](CC(C)C)C(=O)N[C@H](CC(=O)O)C2(C)C=C(c3c(C)cccc3C)C=NC2)cc1F. The van der Waals surface area contributed by atoms with Gasteiger partial charge in [0.15, 0.2) is 0 Å². The van der Waals surface area contributed by atoms with Gasteiger partial charge in [-0.15, -0.1) is 0 Å². The maximum absolute atomic E-state index is 14.4. The van der Waals surface area contributed by atoms with E-state index in [9.17, 15) is 23.9 Å². The van der Waals surface area contributed by atoms with Gasteiger partial charge in [0.05, 0.1) is 6.42 Å². The number of aryl methyl sites for hydroxylation is 3. The molecule has 2 aromatic rings. The van der Waals surface area contributed by atoms with E-state index in [-0.39, 0.29) is 30.9 Å². The number of hydrogen-bond acceptors (Lipinski definition) is 4. The molecule has 3 rings (SSSR count). The normalized spacial score (nSPS) is 18.9.